The standard InChI is InChI=1S/C20H24N2O2S/c23-19(15-8-7-13-5-1-2-6-14(13)11-15)17-16(25)12-21-18(17)20(24)22-9-3-4-10-22/h1-2,5-6,15,17-18,21H,3-4,7-12H2/t15?,17?,18-/m0/s1. The van der Waals surface area contributed by atoms with Gasteiger partial charge in [0.05, 0.1) is 5.92 Å². The normalized spacial score (nSPS) is 28.9. The van der Waals surface area contributed by atoms with Gasteiger partial charge < -0.3 is 10.2 Å². The van der Waals surface area contributed by atoms with E-state index >= 15 is 0 Å². The van der Waals surface area contributed by atoms with Crippen LogP contribution in [0.25, 0.3) is 0 Å². The molecular formula is C20H24N2O2S. The van der Waals surface area contributed by atoms with Crippen LogP contribution in [0.15, 0.2) is 24.3 Å². The number of thiocarbonyl (C=S) groups is 1. The molecule has 3 atom stereocenters. The summed E-state index contributed by atoms with van der Waals surface area (Å²) >= 11 is 5.48. The number of benzene rings is 1. The van der Waals surface area contributed by atoms with E-state index in [2.05, 4.69) is 23.5 Å². The fourth-order valence-corrected chi connectivity index (χ4v) is 4.84. The lowest BCUT2D eigenvalue weighted by Crippen LogP contribution is -2.48. The molecule has 1 N–H and O–H groups in total. The van der Waals surface area contributed by atoms with Crippen LogP contribution in [0.4, 0.5) is 0 Å². The maximum atomic E-state index is 13.3. The van der Waals surface area contributed by atoms with Crippen molar-refractivity contribution in [1.29, 1.82) is 0 Å². The van der Waals surface area contributed by atoms with Gasteiger partial charge in [-0.3, -0.25) is 9.59 Å². The third-order valence-corrected chi connectivity index (χ3v) is 6.31. The Bertz CT molecular complexity index is 711. The highest BCUT2D eigenvalue weighted by Gasteiger charge is 2.45. The van der Waals surface area contributed by atoms with Crippen LogP contribution < -0.4 is 5.32 Å². The number of hydrogen-bond acceptors (Lipinski definition) is 4. The number of fused-ring (bicyclic) bond motifs is 1. The van der Waals surface area contributed by atoms with Gasteiger partial charge in [-0.25, -0.2) is 0 Å². The summed E-state index contributed by atoms with van der Waals surface area (Å²) in [5.41, 5.74) is 2.62. The van der Waals surface area contributed by atoms with Crippen molar-refractivity contribution in [2.45, 2.75) is 38.1 Å². The summed E-state index contributed by atoms with van der Waals surface area (Å²) in [4.78, 5) is 28.7. The Kier molecular flexibility index (Phi) is 4.69. The van der Waals surface area contributed by atoms with Gasteiger partial charge in [0.15, 0.2) is 0 Å². The van der Waals surface area contributed by atoms with Crippen LogP contribution in [0.5, 0.6) is 0 Å². The zero-order valence-electron chi connectivity index (χ0n) is 14.4. The SMILES string of the molecule is O=C(C1CCc2ccccc2C1)C1C(=S)CN[C@@H]1C(=O)N1CCCC1. The minimum Gasteiger partial charge on any atom is -0.341 e. The van der Waals surface area contributed by atoms with E-state index in [-0.39, 0.29) is 17.6 Å². The molecule has 2 unspecified atom stereocenters. The van der Waals surface area contributed by atoms with Crippen molar-refractivity contribution in [3.8, 4) is 0 Å². The molecule has 2 saturated heterocycles. The van der Waals surface area contributed by atoms with Crippen molar-refractivity contribution in [2.24, 2.45) is 11.8 Å². The topological polar surface area (TPSA) is 49.4 Å². The Morgan fingerprint density at radius 3 is 2.60 bits per heavy atom. The minimum atomic E-state index is -0.449. The second-order valence-electron chi connectivity index (χ2n) is 7.45. The van der Waals surface area contributed by atoms with Crippen molar-refractivity contribution in [2.75, 3.05) is 19.6 Å². The zero-order valence-corrected chi connectivity index (χ0v) is 15.2. The molecule has 132 valence electrons. The van der Waals surface area contributed by atoms with E-state index in [1.807, 2.05) is 11.0 Å². The first-order valence-electron chi connectivity index (χ1n) is 9.30. The average molecular weight is 356 g/mol. The van der Waals surface area contributed by atoms with E-state index in [9.17, 15) is 9.59 Å². The second kappa shape index (κ2) is 6.96. The molecule has 0 spiro atoms. The largest absolute Gasteiger partial charge is 0.341 e. The lowest BCUT2D eigenvalue weighted by molar-refractivity contribution is -0.136. The van der Waals surface area contributed by atoms with Gasteiger partial charge in [-0.05, 0) is 43.2 Å². The summed E-state index contributed by atoms with van der Waals surface area (Å²) in [5, 5.41) is 3.22. The van der Waals surface area contributed by atoms with Crippen LogP contribution in [0.1, 0.15) is 30.4 Å². The zero-order chi connectivity index (χ0) is 17.4. The van der Waals surface area contributed by atoms with Crippen molar-refractivity contribution in [3.05, 3.63) is 35.4 Å². The molecule has 1 aromatic rings. The van der Waals surface area contributed by atoms with Crippen molar-refractivity contribution < 1.29 is 9.59 Å². The smallest absolute Gasteiger partial charge is 0.240 e. The van der Waals surface area contributed by atoms with Gasteiger partial charge in [-0.15, -0.1) is 0 Å². The van der Waals surface area contributed by atoms with Crippen molar-refractivity contribution >= 4 is 28.8 Å². The van der Waals surface area contributed by atoms with Crippen LogP contribution in [0.3, 0.4) is 0 Å². The molecule has 25 heavy (non-hydrogen) atoms. The fraction of sp³-hybridized carbons (Fsp3) is 0.550. The van der Waals surface area contributed by atoms with E-state index in [1.54, 1.807) is 0 Å². The van der Waals surface area contributed by atoms with Crippen LogP contribution in [0, 0.1) is 11.8 Å². The van der Waals surface area contributed by atoms with E-state index in [1.165, 1.54) is 11.1 Å². The number of likely N-dealkylation sites (tertiary alicyclic amines) is 1. The Hall–Kier alpha value is -1.59. The minimum absolute atomic E-state index is 0.0216. The van der Waals surface area contributed by atoms with E-state index in [0.29, 0.717) is 11.4 Å². The van der Waals surface area contributed by atoms with Gasteiger partial charge in [-0.2, -0.15) is 0 Å². The predicted octanol–water partition coefficient (Wildman–Crippen LogP) is 1.94. The molecular weight excluding hydrogens is 332 g/mol. The molecule has 1 aromatic carbocycles. The number of amides is 1. The van der Waals surface area contributed by atoms with Gasteiger partial charge in [-0.1, -0.05) is 36.5 Å². The predicted molar refractivity (Wildman–Crippen MR) is 101 cm³/mol. The third-order valence-electron chi connectivity index (χ3n) is 5.92. The Labute approximate surface area is 154 Å². The molecule has 5 heteroatoms. The quantitative estimate of drug-likeness (QED) is 0.841. The highest BCUT2D eigenvalue weighted by atomic mass is 32.1. The molecule has 1 amide bonds. The molecule has 0 aromatic heterocycles. The number of rotatable bonds is 3. The highest BCUT2D eigenvalue weighted by Crippen LogP contribution is 2.31. The molecule has 3 aliphatic rings. The summed E-state index contributed by atoms with van der Waals surface area (Å²) in [6.45, 7) is 2.11. The van der Waals surface area contributed by atoms with Crippen molar-refractivity contribution in [3.63, 3.8) is 0 Å². The number of carbonyl (C=O) groups excluding carboxylic acids is 2. The average Bonchev–Trinajstić information content (AvgIpc) is 3.30. The lowest BCUT2D eigenvalue weighted by Gasteiger charge is -2.29. The third kappa shape index (κ3) is 3.15. The summed E-state index contributed by atoms with van der Waals surface area (Å²) in [5.74, 6) is -0.223. The van der Waals surface area contributed by atoms with E-state index in [0.717, 1.165) is 45.2 Å². The summed E-state index contributed by atoms with van der Waals surface area (Å²) in [7, 11) is 0. The summed E-state index contributed by atoms with van der Waals surface area (Å²) in [6.07, 6.45) is 4.68. The first-order valence-corrected chi connectivity index (χ1v) is 9.71. The van der Waals surface area contributed by atoms with Gasteiger partial charge in [0.25, 0.3) is 0 Å². The molecule has 0 radical (unpaired) electrons. The molecule has 0 saturated carbocycles. The summed E-state index contributed by atoms with van der Waals surface area (Å²) < 4.78 is 0. The number of nitrogens with one attached hydrogen (secondary N) is 1. The number of nitrogens with zero attached hydrogens (tertiary/aromatic N) is 1. The monoisotopic (exact) mass is 356 g/mol. The van der Waals surface area contributed by atoms with Gasteiger partial charge >= 0.3 is 0 Å². The molecule has 4 nitrogen and oxygen atoms in total. The van der Waals surface area contributed by atoms with Crippen LogP contribution in [0.2, 0.25) is 0 Å². The first kappa shape index (κ1) is 16.9. The first-order chi connectivity index (χ1) is 12.1. The Morgan fingerprint density at radius 2 is 1.84 bits per heavy atom. The number of ketones is 1. The van der Waals surface area contributed by atoms with Crippen LogP contribution in [-0.2, 0) is 22.4 Å². The molecule has 0 bridgehead atoms. The number of Topliss-reactive ketones (excluding diaryl/α,β-unsaturated/α-hetero) is 1. The molecule has 1 aliphatic carbocycles. The Balaban J connectivity index is 1.51. The maximum absolute atomic E-state index is 13.3. The highest BCUT2D eigenvalue weighted by molar-refractivity contribution is 7.80. The Morgan fingerprint density at radius 1 is 1.12 bits per heavy atom. The number of carbonyl (C=O) groups is 2. The number of hydrogen-bond donors (Lipinski definition) is 1. The van der Waals surface area contributed by atoms with Gasteiger partial charge in [0, 0.05) is 30.4 Å². The van der Waals surface area contributed by atoms with Crippen LogP contribution in [-0.4, -0.2) is 47.1 Å². The molecule has 2 aliphatic heterocycles. The lowest BCUT2D eigenvalue weighted by atomic mass is 9.76. The van der Waals surface area contributed by atoms with E-state index < -0.39 is 12.0 Å². The fourth-order valence-electron chi connectivity index (χ4n) is 4.51. The van der Waals surface area contributed by atoms with Gasteiger partial charge in [0.1, 0.15) is 11.8 Å². The summed E-state index contributed by atoms with van der Waals surface area (Å²) in [6, 6.07) is 7.91. The van der Waals surface area contributed by atoms with E-state index in [4.69, 9.17) is 12.2 Å². The maximum Gasteiger partial charge on any atom is 0.240 e. The second-order valence-corrected chi connectivity index (χ2v) is 7.97. The molecule has 2 fully saturated rings. The number of aryl methyl sites for hydroxylation is 1. The van der Waals surface area contributed by atoms with Crippen LogP contribution >= 0.6 is 12.2 Å². The van der Waals surface area contributed by atoms with Crippen molar-refractivity contribution in [1.82, 2.24) is 10.2 Å². The molecule has 2 heterocycles. The molecule has 4 rings (SSSR count). The van der Waals surface area contributed by atoms with Gasteiger partial charge in [0.2, 0.25) is 5.91 Å².